The van der Waals surface area contributed by atoms with Crippen molar-refractivity contribution in [2.24, 2.45) is 0 Å². The Morgan fingerprint density at radius 2 is 1.04 bits per heavy atom. The molecule has 10 aromatic rings. The molecule has 0 saturated heterocycles. The summed E-state index contributed by atoms with van der Waals surface area (Å²) in [6.45, 7) is 0. The maximum Gasteiger partial charge on any atom is 0.164 e. The highest BCUT2D eigenvalue weighted by atomic mass is 16.3. The fourth-order valence-corrected chi connectivity index (χ4v) is 6.85. The van der Waals surface area contributed by atoms with Crippen LogP contribution in [0.15, 0.2) is 150 Å². The smallest absolute Gasteiger partial charge is 0.164 e. The first-order valence-electron chi connectivity index (χ1n) is 15.6. The van der Waals surface area contributed by atoms with E-state index < -0.39 is 0 Å². The van der Waals surface area contributed by atoms with E-state index in [2.05, 4.69) is 126 Å². The van der Waals surface area contributed by atoms with Crippen molar-refractivity contribution in [2.75, 3.05) is 0 Å². The van der Waals surface area contributed by atoms with Gasteiger partial charge in [0, 0.05) is 45.2 Å². The number of pyridine rings is 1. The molecule has 0 aliphatic carbocycles. The van der Waals surface area contributed by atoms with Crippen LogP contribution in [0.4, 0.5) is 0 Å². The average Bonchev–Trinajstić information content (AvgIpc) is 3.53. The zero-order chi connectivity index (χ0) is 30.9. The zero-order valence-electron chi connectivity index (χ0n) is 25.1. The molecule has 0 N–H and O–H groups in total. The van der Waals surface area contributed by atoms with Gasteiger partial charge in [0.05, 0.1) is 0 Å². The van der Waals surface area contributed by atoms with Crippen LogP contribution in [0.2, 0.25) is 0 Å². The number of aromatic nitrogens is 4. The molecular weight excluding hydrogens is 576 g/mol. The molecule has 218 valence electrons. The van der Waals surface area contributed by atoms with Crippen molar-refractivity contribution < 1.29 is 4.42 Å². The molecule has 0 aliphatic heterocycles. The second-order valence-corrected chi connectivity index (χ2v) is 11.9. The topological polar surface area (TPSA) is 64.7 Å². The van der Waals surface area contributed by atoms with Crippen LogP contribution < -0.4 is 0 Å². The van der Waals surface area contributed by atoms with Gasteiger partial charge in [-0.05, 0) is 62.0 Å². The third kappa shape index (κ3) is 4.10. The van der Waals surface area contributed by atoms with E-state index >= 15 is 0 Å². The molecule has 3 aromatic heterocycles. The Morgan fingerprint density at radius 1 is 0.404 bits per heavy atom. The Morgan fingerprint density at radius 3 is 1.91 bits per heavy atom. The summed E-state index contributed by atoms with van der Waals surface area (Å²) in [5, 5.41) is 11.1. The molecule has 0 fully saturated rings. The Labute approximate surface area is 268 Å². The standard InChI is InChI=1S/C42H24N4O/c1-2-8-28-22-29(16-12-25(28)6-1)40-44-41(30-17-15-27-14-13-26-7-3-4-9-31(26)36(27)23-30)46-42(45-40)35-11-5-10-33-32(35)18-19-34-37-24-43-21-20-38(37)47-39(33)34/h1-24H. The quantitative estimate of drug-likeness (QED) is 0.189. The van der Waals surface area contributed by atoms with E-state index in [0.29, 0.717) is 17.5 Å². The SMILES string of the molecule is c1ccc2cc(-c3nc(-c4ccc5ccc6ccccc6c5c4)nc(-c4cccc5c4ccc4c6cnccc6oc54)n3)ccc2c1. The number of hydrogen-bond acceptors (Lipinski definition) is 5. The van der Waals surface area contributed by atoms with E-state index in [9.17, 15) is 0 Å². The number of rotatable bonds is 3. The summed E-state index contributed by atoms with van der Waals surface area (Å²) < 4.78 is 6.37. The van der Waals surface area contributed by atoms with E-state index in [1.807, 2.05) is 18.3 Å². The van der Waals surface area contributed by atoms with Gasteiger partial charge in [0.25, 0.3) is 0 Å². The molecular formula is C42H24N4O. The first kappa shape index (κ1) is 25.8. The van der Waals surface area contributed by atoms with Crippen LogP contribution in [-0.2, 0) is 0 Å². The Kier molecular flexibility index (Phi) is 5.51. The monoisotopic (exact) mass is 600 g/mol. The molecule has 0 atom stereocenters. The van der Waals surface area contributed by atoms with Crippen molar-refractivity contribution in [3.8, 4) is 34.2 Å². The molecule has 0 radical (unpaired) electrons. The first-order chi connectivity index (χ1) is 23.3. The molecule has 0 bridgehead atoms. The van der Waals surface area contributed by atoms with Gasteiger partial charge in [-0.2, -0.15) is 0 Å². The van der Waals surface area contributed by atoms with Gasteiger partial charge >= 0.3 is 0 Å². The second kappa shape index (κ2) is 10.0. The lowest BCUT2D eigenvalue weighted by Gasteiger charge is -2.12. The summed E-state index contributed by atoms with van der Waals surface area (Å²) >= 11 is 0. The van der Waals surface area contributed by atoms with Crippen molar-refractivity contribution in [1.82, 2.24) is 19.9 Å². The maximum absolute atomic E-state index is 6.37. The van der Waals surface area contributed by atoms with Gasteiger partial charge in [-0.15, -0.1) is 0 Å². The van der Waals surface area contributed by atoms with E-state index in [4.69, 9.17) is 19.4 Å². The molecule has 47 heavy (non-hydrogen) atoms. The van der Waals surface area contributed by atoms with Gasteiger partial charge in [0.2, 0.25) is 0 Å². The summed E-state index contributed by atoms with van der Waals surface area (Å²) in [6, 6.07) is 46.4. The van der Waals surface area contributed by atoms with E-state index in [1.165, 1.54) is 26.9 Å². The number of hydrogen-bond donors (Lipinski definition) is 0. The number of benzene rings is 7. The lowest BCUT2D eigenvalue weighted by atomic mass is 9.99. The van der Waals surface area contributed by atoms with Gasteiger partial charge < -0.3 is 4.42 Å². The lowest BCUT2D eigenvalue weighted by molar-refractivity contribution is 0.672. The molecule has 10 rings (SSSR count). The molecule has 7 aromatic carbocycles. The minimum absolute atomic E-state index is 0.610. The summed E-state index contributed by atoms with van der Waals surface area (Å²) in [4.78, 5) is 19.7. The summed E-state index contributed by atoms with van der Waals surface area (Å²) in [5.74, 6) is 1.86. The molecule has 5 heteroatoms. The molecule has 0 saturated carbocycles. The molecule has 0 spiro atoms. The number of fused-ring (bicyclic) bond motifs is 9. The lowest BCUT2D eigenvalue weighted by Crippen LogP contribution is -2.00. The zero-order valence-corrected chi connectivity index (χ0v) is 25.1. The molecule has 3 heterocycles. The summed E-state index contributed by atoms with van der Waals surface area (Å²) in [6.07, 6.45) is 3.62. The Bertz CT molecular complexity index is 2870. The molecule has 5 nitrogen and oxygen atoms in total. The summed E-state index contributed by atoms with van der Waals surface area (Å²) in [5.41, 5.74) is 4.44. The highest BCUT2D eigenvalue weighted by Crippen LogP contribution is 2.38. The van der Waals surface area contributed by atoms with Gasteiger partial charge in [-0.3, -0.25) is 4.98 Å². The van der Waals surface area contributed by atoms with E-state index in [-0.39, 0.29) is 0 Å². The van der Waals surface area contributed by atoms with Crippen LogP contribution in [0, 0.1) is 0 Å². The third-order valence-corrected chi connectivity index (χ3v) is 9.18. The van der Waals surface area contributed by atoms with Crippen molar-refractivity contribution in [3.05, 3.63) is 146 Å². The summed E-state index contributed by atoms with van der Waals surface area (Å²) in [7, 11) is 0. The van der Waals surface area contributed by atoms with Crippen molar-refractivity contribution >= 4 is 65.0 Å². The maximum atomic E-state index is 6.37. The number of furan rings is 1. The molecule has 0 unspecified atom stereocenters. The highest BCUT2D eigenvalue weighted by molar-refractivity contribution is 6.17. The minimum atomic E-state index is 0.610. The van der Waals surface area contributed by atoms with Crippen molar-refractivity contribution in [3.63, 3.8) is 0 Å². The van der Waals surface area contributed by atoms with Crippen LogP contribution in [0.1, 0.15) is 0 Å². The molecule has 0 amide bonds. The third-order valence-electron chi connectivity index (χ3n) is 9.18. The van der Waals surface area contributed by atoms with E-state index in [1.54, 1.807) is 6.20 Å². The van der Waals surface area contributed by atoms with Crippen molar-refractivity contribution in [2.45, 2.75) is 0 Å². The van der Waals surface area contributed by atoms with Crippen LogP contribution in [-0.4, -0.2) is 19.9 Å². The van der Waals surface area contributed by atoms with Gasteiger partial charge in [-0.1, -0.05) is 109 Å². The number of nitrogens with zero attached hydrogens (tertiary/aromatic N) is 4. The predicted molar refractivity (Wildman–Crippen MR) is 191 cm³/mol. The van der Waals surface area contributed by atoms with Crippen molar-refractivity contribution in [1.29, 1.82) is 0 Å². The fourth-order valence-electron chi connectivity index (χ4n) is 6.85. The minimum Gasteiger partial charge on any atom is -0.455 e. The largest absolute Gasteiger partial charge is 0.455 e. The van der Waals surface area contributed by atoms with Gasteiger partial charge in [0.1, 0.15) is 11.2 Å². The van der Waals surface area contributed by atoms with E-state index in [0.717, 1.165) is 54.8 Å². The second-order valence-electron chi connectivity index (χ2n) is 11.9. The van der Waals surface area contributed by atoms with Crippen LogP contribution in [0.5, 0.6) is 0 Å². The molecule has 0 aliphatic rings. The predicted octanol–water partition coefficient (Wildman–Crippen LogP) is 10.8. The first-order valence-corrected chi connectivity index (χ1v) is 15.6. The Balaban J connectivity index is 1.23. The van der Waals surface area contributed by atoms with Gasteiger partial charge in [0.15, 0.2) is 17.5 Å². The fraction of sp³-hybridized carbons (Fsp3) is 0. The van der Waals surface area contributed by atoms with Crippen LogP contribution in [0.25, 0.3) is 99.2 Å². The van der Waals surface area contributed by atoms with Gasteiger partial charge in [-0.25, -0.2) is 15.0 Å². The normalized spacial score (nSPS) is 11.8. The van der Waals surface area contributed by atoms with Crippen LogP contribution in [0.3, 0.4) is 0 Å². The highest BCUT2D eigenvalue weighted by Gasteiger charge is 2.18. The average molecular weight is 601 g/mol. The Hall–Kier alpha value is -6.46. The van der Waals surface area contributed by atoms with Crippen LogP contribution >= 0.6 is 0 Å².